The Balaban J connectivity index is 1.66. The smallest absolute Gasteiger partial charge is 0.291 e. The summed E-state index contributed by atoms with van der Waals surface area (Å²) in [7, 11) is 1.61. The minimum atomic E-state index is -0.657. The van der Waals surface area contributed by atoms with Gasteiger partial charge in [-0.2, -0.15) is 0 Å². The van der Waals surface area contributed by atoms with Gasteiger partial charge in [0.1, 0.15) is 11.3 Å². The van der Waals surface area contributed by atoms with E-state index in [1.54, 1.807) is 12.0 Å². The maximum atomic E-state index is 14.0. The molecule has 0 N–H and O–H groups in total. The predicted molar refractivity (Wildman–Crippen MR) is 155 cm³/mol. The zero-order valence-electron chi connectivity index (χ0n) is 23.7. The van der Waals surface area contributed by atoms with Crippen LogP contribution in [0, 0.1) is 13.8 Å². The Morgan fingerprint density at radius 2 is 1.65 bits per heavy atom. The minimum absolute atomic E-state index is 0.0838. The standard InChI is InChI=1S/C33H35NO6/c1-6-8-15-39-26-14-11-23(18-28(26)38-7-2)30-29-31(35)25-16-20(3)21(4)17-27(25)40-32(29)33(36)34(30)19-22-9-12-24(37-5)13-10-22/h9-14,16-18,30H,6-8,15,19H2,1-5H3. The van der Waals surface area contributed by atoms with Crippen LogP contribution in [0.15, 0.2) is 63.8 Å². The topological polar surface area (TPSA) is 78.2 Å². The molecule has 7 heteroatoms. The van der Waals surface area contributed by atoms with Crippen molar-refractivity contribution in [1.29, 1.82) is 0 Å². The van der Waals surface area contributed by atoms with E-state index in [2.05, 4.69) is 6.92 Å². The Morgan fingerprint density at radius 3 is 2.35 bits per heavy atom. The molecular formula is C33H35NO6. The molecule has 7 nitrogen and oxygen atoms in total. The molecule has 0 saturated heterocycles. The largest absolute Gasteiger partial charge is 0.497 e. The SMILES string of the molecule is CCCCOc1ccc(C2c3c(oc4cc(C)c(C)cc4c3=O)C(=O)N2Cc2ccc(OC)cc2)cc1OCC. The molecule has 0 bridgehead atoms. The van der Waals surface area contributed by atoms with Crippen molar-refractivity contribution in [3.8, 4) is 17.2 Å². The second kappa shape index (κ2) is 11.5. The van der Waals surface area contributed by atoms with Crippen molar-refractivity contribution in [2.75, 3.05) is 20.3 Å². The number of benzene rings is 3. The number of fused-ring (bicyclic) bond motifs is 2. The second-order valence-corrected chi connectivity index (χ2v) is 10.1. The highest BCUT2D eigenvalue weighted by Crippen LogP contribution is 2.42. The summed E-state index contributed by atoms with van der Waals surface area (Å²) >= 11 is 0. The van der Waals surface area contributed by atoms with Gasteiger partial charge in [-0.1, -0.05) is 31.5 Å². The fourth-order valence-electron chi connectivity index (χ4n) is 5.12. The highest BCUT2D eigenvalue weighted by Gasteiger charge is 2.43. The van der Waals surface area contributed by atoms with Gasteiger partial charge in [0, 0.05) is 6.54 Å². The normalized spacial score (nSPS) is 14.5. The summed E-state index contributed by atoms with van der Waals surface area (Å²) in [6, 6.07) is 16.2. The van der Waals surface area contributed by atoms with Crippen LogP contribution in [0.3, 0.4) is 0 Å². The first-order valence-corrected chi connectivity index (χ1v) is 13.8. The number of hydrogen-bond donors (Lipinski definition) is 0. The molecule has 1 aliphatic heterocycles. The summed E-state index contributed by atoms with van der Waals surface area (Å²) in [5.41, 5.74) is 4.20. The van der Waals surface area contributed by atoms with Crippen LogP contribution in [0.4, 0.5) is 0 Å². The van der Waals surface area contributed by atoms with E-state index in [0.29, 0.717) is 41.2 Å². The van der Waals surface area contributed by atoms with E-state index in [9.17, 15) is 9.59 Å². The van der Waals surface area contributed by atoms with E-state index < -0.39 is 6.04 Å². The quantitative estimate of drug-likeness (QED) is 0.207. The third-order valence-electron chi connectivity index (χ3n) is 7.43. The van der Waals surface area contributed by atoms with Crippen LogP contribution in [0.5, 0.6) is 17.2 Å². The van der Waals surface area contributed by atoms with E-state index in [0.717, 1.165) is 40.8 Å². The van der Waals surface area contributed by atoms with E-state index >= 15 is 0 Å². The predicted octanol–water partition coefficient (Wildman–Crippen LogP) is 6.74. The van der Waals surface area contributed by atoms with Gasteiger partial charge in [0.15, 0.2) is 16.9 Å². The van der Waals surface area contributed by atoms with Crippen molar-refractivity contribution >= 4 is 16.9 Å². The van der Waals surface area contributed by atoms with E-state index in [4.69, 9.17) is 18.6 Å². The molecule has 4 aromatic rings. The number of methoxy groups -OCH3 is 1. The second-order valence-electron chi connectivity index (χ2n) is 10.1. The van der Waals surface area contributed by atoms with Crippen molar-refractivity contribution in [3.05, 3.63) is 98.4 Å². The lowest BCUT2D eigenvalue weighted by Gasteiger charge is -2.26. The molecule has 3 aromatic carbocycles. The van der Waals surface area contributed by atoms with Crippen LogP contribution in [0.25, 0.3) is 11.0 Å². The Kier molecular flexibility index (Phi) is 7.83. The molecule has 2 heterocycles. The van der Waals surface area contributed by atoms with Gasteiger partial charge in [-0.25, -0.2) is 0 Å². The molecule has 1 aromatic heterocycles. The summed E-state index contributed by atoms with van der Waals surface area (Å²) in [6.45, 7) is 9.27. The zero-order valence-corrected chi connectivity index (χ0v) is 23.7. The Bertz CT molecular complexity index is 1600. The summed E-state index contributed by atoms with van der Waals surface area (Å²) < 4.78 is 23.4. The average Bonchev–Trinajstić information content (AvgIpc) is 3.22. The first-order chi connectivity index (χ1) is 19.4. The van der Waals surface area contributed by atoms with Crippen molar-refractivity contribution in [3.63, 3.8) is 0 Å². The van der Waals surface area contributed by atoms with E-state index in [1.807, 2.05) is 75.4 Å². The molecule has 5 rings (SSSR count). The van der Waals surface area contributed by atoms with Gasteiger partial charge in [-0.3, -0.25) is 9.59 Å². The fourth-order valence-corrected chi connectivity index (χ4v) is 5.12. The number of carbonyl (C=O) groups is 1. The van der Waals surface area contributed by atoms with Crippen molar-refractivity contribution in [2.45, 2.75) is 53.1 Å². The zero-order chi connectivity index (χ0) is 28.4. The number of aryl methyl sites for hydroxylation is 2. The molecular weight excluding hydrogens is 506 g/mol. The Labute approximate surface area is 234 Å². The van der Waals surface area contributed by atoms with Gasteiger partial charge < -0.3 is 23.5 Å². The number of carbonyl (C=O) groups excluding carboxylic acids is 1. The van der Waals surface area contributed by atoms with Crippen LogP contribution in [0.2, 0.25) is 0 Å². The lowest BCUT2D eigenvalue weighted by Crippen LogP contribution is -2.29. The first kappa shape index (κ1) is 27.3. The van der Waals surface area contributed by atoms with Crippen LogP contribution in [-0.4, -0.2) is 31.1 Å². The van der Waals surface area contributed by atoms with E-state index in [-0.39, 0.29) is 23.6 Å². The molecule has 1 atom stereocenters. The van der Waals surface area contributed by atoms with Crippen LogP contribution in [-0.2, 0) is 6.54 Å². The van der Waals surface area contributed by atoms with Crippen molar-refractivity contribution in [1.82, 2.24) is 4.90 Å². The third-order valence-corrected chi connectivity index (χ3v) is 7.43. The summed E-state index contributed by atoms with van der Waals surface area (Å²) in [5.74, 6) is 1.71. The molecule has 1 aliphatic rings. The first-order valence-electron chi connectivity index (χ1n) is 13.8. The molecule has 40 heavy (non-hydrogen) atoms. The summed E-state index contributed by atoms with van der Waals surface area (Å²) in [5, 5.41) is 0.468. The summed E-state index contributed by atoms with van der Waals surface area (Å²) in [6.07, 6.45) is 1.95. The fraction of sp³-hybridized carbons (Fsp3) is 0.333. The number of amides is 1. The maximum absolute atomic E-state index is 14.0. The Hall–Kier alpha value is -4.26. The lowest BCUT2D eigenvalue weighted by molar-refractivity contribution is 0.0714. The number of unbranched alkanes of at least 4 members (excludes halogenated alkanes) is 1. The third kappa shape index (κ3) is 5.04. The minimum Gasteiger partial charge on any atom is -0.497 e. The number of hydrogen-bond acceptors (Lipinski definition) is 6. The Morgan fingerprint density at radius 1 is 0.900 bits per heavy atom. The molecule has 0 saturated carbocycles. The molecule has 1 amide bonds. The monoisotopic (exact) mass is 541 g/mol. The molecule has 1 unspecified atom stereocenters. The summed E-state index contributed by atoms with van der Waals surface area (Å²) in [4.78, 5) is 29.6. The number of ether oxygens (including phenoxy) is 3. The van der Waals surface area contributed by atoms with Crippen molar-refractivity contribution < 1.29 is 23.4 Å². The van der Waals surface area contributed by atoms with Crippen LogP contribution >= 0.6 is 0 Å². The molecule has 0 fully saturated rings. The molecule has 0 radical (unpaired) electrons. The van der Waals surface area contributed by atoms with Crippen molar-refractivity contribution in [2.24, 2.45) is 0 Å². The highest BCUT2D eigenvalue weighted by atomic mass is 16.5. The van der Waals surface area contributed by atoms with E-state index in [1.165, 1.54) is 0 Å². The highest BCUT2D eigenvalue weighted by molar-refractivity contribution is 5.99. The average molecular weight is 542 g/mol. The molecule has 0 aliphatic carbocycles. The number of rotatable bonds is 10. The van der Waals surface area contributed by atoms with Gasteiger partial charge in [0.05, 0.1) is 37.3 Å². The maximum Gasteiger partial charge on any atom is 0.291 e. The van der Waals surface area contributed by atoms with Gasteiger partial charge in [0.2, 0.25) is 5.76 Å². The van der Waals surface area contributed by atoms with Crippen LogP contribution < -0.4 is 19.6 Å². The van der Waals surface area contributed by atoms with Crippen LogP contribution in [0.1, 0.15) is 71.1 Å². The number of nitrogens with zero attached hydrogens (tertiary/aromatic N) is 1. The van der Waals surface area contributed by atoms with Gasteiger partial charge in [-0.05, 0) is 85.8 Å². The van der Waals surface area contributed by atoms with Gasteiger partial charge in [0.25, 0.3) is 5.91 Å². The van der Waals surface area contributed by atoms with Gasteiger partial charge in [-0.15, -0.1) is 0 Å². The lowest BCUT2D eigenvalue weighted by atomic mass is 9.97. The molecule has 208 valence electrons. The van der Waals surface area contributed by atoms with Gasteiger partial charge >= 0.3 is 0 Å². The molecule has 0 spiro atoms.